The second kappa shape index (κ2) is 5.26. The summed E-state index contributed by atoms with van der Waals surface area (Å²) >= 11 is 0. The van der Waals surface area contributed by atoms with Crippen LogP contribution in [0.5, 0.6) is 0 Å². The maximum atomic E-state index is 13.0. The van der Waals surface area contributed by atoms with Crippen molar-refractivity contribution in [2.45, 2.75) is 32.7 Å². The van der Waals surface area contributed by atoms with E-state index in [0.717, 1.165) is 47.4 Å². The van der Waals surface area contributed by atoms with Crippen LogP contribution in [0.2, 0.25) is 0 Å². The third-order valence-electron chi connectivity index (χ3n) is 4.59. The molecule has 5 nitrogen and oxygen atoms in total. The summed E-state index contributed by atoms with van der Waals surface area (Å²) in [5, 5.41) is 1.00. The summed E-state index contributed by atoms with van der Waals surface area (Å²) in [6.07, 6.45) is 3.72. The van der Waals surface area contributed by atoms with Gasteiger partial charge in [-0.2, -0.15) is 0 Å². The number of nitrogens with zero attached hydrogens (tertiary/aromatic N) is 2. The molecule has 1 aliphatic heterocycles. The van der Waals surface area contributed by atoms with E-state index in [1.54, 1.807) is 0 Å². The quantitative estimate of drug-likeness (QED) is 0.784. The number of likely N-dealkylation sites (tertiary alicyclic amines) is 1. The molecule has 118 valence electrons. The zero-order chi connectivity index (χ0) is 16.0. The predicted octanol–water partition coefficient (Wildman–Crippen LogP) is 3.75. The van der Waals surface area contributed by atoms with Crippen molar-refractivity contribution < 1.29 is 9.21 Å². The lowest BCUT2D eigenvalue weighted by Gasteiger charge is -2.22. The van der Waals surface area contributed by atoms with E-state index in [1.165, 1.54) is 0 Å². The van der Waals surface area contributed by atoms with Gasteiger partial charge in [0.25, 0.3) is 5.91 Å². The first-order valence-electron chi connectivity index (χ1n) is 7.96. The molecule has 0 aliphatic carbocycles. The van der Waals surface area contributed by atoms with E-state index in [-0.39, 0.29) is 11.9 Å². The first-order valence-corrected chi connectivity index (χ1v) is 7.96. The van der Waals surface area contributed by atoms with Crippen LogP contribution in [0.25, 0.3) is 11.0 Å². The molecular formula is C18H19N3O2. The summed E-state index contributed by atoms with van der Waals surface area (Å²) in [6.45, 7) is 4.65. The normalized spacial score (nSPS) is 18.0. The number of benzene rings is 1. The maximum absolute atomic E-state index is 13.0. The van der Waals surface area contributed by atoms with Crippen LogP contribution in [0, 0.1) is 13.8 Å². The number of aromatic amines is 1. The Labute approximate surface area is 134 Å². The Balaban J connectivity index is 1.71. The van der Waals surface area contributed by atoms with Gasteiger partial charge in [0.05, 0.1) is 6.04 Å². The molecular weight excluding hydrogens is 290 g/mol. The fourth-order valence-corrected chi connectivity index (χ4v) is 3.41. The first kappa shape index (κ1) is 14.1. The number of imidazole rings is 1. The molecule has 3 heterocycles. The van der Waals surface area contributed by atoms with Crippen LogP contribution in [0.15, 0.2) is 34.9 Å². The number of rotatable bonds is 2. The lowest BCUT2D eigenvalue weighted by Crippen LogP contribution is -2.31. The van der Waals surface area contributed by atoms with Gasteiger partial charge >= 0.3 is 0 Å². The number of carbonyl (C=O) groups excluding carboxylic acids is 1. The van der Waals surface area contributed by atoms with Gasteiger partial charge in [-0.3, -0.25) is 4.79 Å². The van der Waals surface area contributed by atoms with Crippen LogP contribution in [-0.2, 0) is 0 Å². The lowest BCUT2D eigenvalue weighted by atomic mass is 10.1. The van der Waals surface area contributed by atoms with Crippen molar-refractivity contribution >= 4 is 16.9 Å². The first-order chi connectivity index (χ1) is 11.1. The Morgan fingerprint density at radius 3 is 2.91 bits per heavy atom. The molecule has 2 aromatic heterocycles. The molecule has 0 radical (unpaired) electrons. The average molecular weight is 309 g/mol. The number of para-hydroxylation sites is 1. The molecule has 0 saturated carbocycles. The van der Waals surface area contributed by atoms with Gasteiger partial charge in [0.2, 0.25) is 0 Å². The van der Waals surface area contributed by atoms with Crippen LogP contribution in [0.1, 0.15) is 46.5 Å². The standard InChI is InChI=1S/C18H19N3O2/c1-11-10-19-17(20-11)14-7-5-9-21(14)18(22)16-12(2)13-6-3-4-8-15(13)23-16/h3-4,6,8,10,14H,5,7,9H2,1-2H3,(H,19,20)/t14-/m1/s1. The molecule has 0 spiro atoms. The Kier molecular flexibility index (Phi) is 3.22. The van der Waals surface area contributed by atoms with Crippen molar-refractivity contribution in [3.8, 4) is 0 Å². The van der Waals surface area contributed by atoms with Gasteiger partial charge in [-0.15, -0.1) is 0 Å². The minimum atomic E-state index is -0.0461. The lowest BCUT2D eigenvalue weighted by molar-refractivity contribution is 0.0699. The van der Waals surface area contributed by atoms with E-state index in [1.807, 2.05) is 49.2 Å². The van der Waals surface area contributed by atoms with E-state index < -0.39 is 0 Å². The van der Waals surface area contributed by atoms with Crippen LogP contribution in [0.4, 0.5) is 0 Å². The smallest absolute Gasteiger partial charge is 0.290 e. The number of hydrogen-bond donors (Lipinski definition) is 1. The molecule has 1 amide bonds. The fourth-order valence-electron chi connectivity index (χ4n) is 3.41. The van der Waals surface area contributed by atoms with Gasteiger partial charge in [0, 0.05) is 29.4 Å². The molecule has 23 heavy (non-hydrogen) atoms. The zero-order valence-corrected chi connectivity index (χ0v) is 13.3. The number of nitrogens with one attached hydrogen (secondary N) is 1. The maximum Gasteiger partial charge on any atom is 0.290 e. The second-order valence-electron chi connectivity index (χ2n) is 6.16. The number of aryl methyl sites for hydroxylation is 2. The predicted molar refractivity (Wildman–Crippen MR) is 87.3 cm³/mol. The van der Waals surface area contributed by atoms with Crippen LogP contribution in [0.3, 0.4) is 0 Å². The van der Waals surface area contributed by atoms with Gasteiger partial charge in [-0.05, 0) is 32.8 Å². The molecule has 1 N–H and O–H groups in total. The van der Waals surface area contributed by atoms with E-state index in [2.05, 4.69) is 9.97 Å². The fraction of sp³-hybridized carbons (Fsp3) is 0.333. The van der Waals surface area contributed by atoms with Crippen molar-refractivity contribution in [1.29, 1.82) is 0 Å². The van der Waals surface area contributed by atoms with E-state index in [0.29, 0.717) is 5.76 Å². The Bertz CT molecular complexity index is 877. The third kappa shape index (κ3) is 2.23. The number of aromatic nitrogens is 2. The van der Waals surface area contributed by atoms with Crippen LogP contribution >= 0.6 is 0 Å². The van der Waals surface area contributed by atoms with E-state index in [9.17, 15) is 4.79 Å². The highest BCUT2D eigenvalue weighted by Gasteiger charge is 2.34. The number of carbonyl (C=O) groups is 1. The molecule has 1 atom stereocenters. The summed E-state index contributed by atoms with van der Waals surface area (Å²) in [5.41, 5.74) is 2.68. The highest BCUT2D eigenvalue weighted by molar-refractivity contribution is 5.99. The Morgan fingerprint density at radius 1 is 1.35 bits per heavy atom. The minimum Gasteiger partial charge on any atom is -0.451 e. The molecule has 4 rings (SSSR count). The summed E-state index contributed by atoms with van der Waals surface area (Å²) in [5.74, 6) is 1.26. The van der Waals surface area contributed by atoms with Crippen LogP contribution < -0.4 is 0 Å². The van der Waals surface area contributed by atoms with E-state index >= 15 is 0 Å². The Hall–Kier alpha value is -2.56. The van der Waals surface area contributed by atoms with Crippen molar-refractivity contribution in [2.24, 2.45) is 0 Å². The highest BCUT2D eigenvalue weighted by atomic mass is 16.3. The molecule has 1 aromatic carbocycles. The van der Waals surface area contributed by atoms with Gasteiger partial charge in [0.1, 0.15) is 11.4 Å². The highest BCUT2D eigenvalue weighted by Crippen LogP contribution is 2.34. The molecule has 3 aromatic rings. The SMILES string of the molecule is Cc1cnc([C@H]2CCCN2C(=O)c2oc3ccccc3c2C)[nH]1. The Morgan fingerprint density at radius 2 is 2.17 bits per heavy atom. The minimum absolute atomic E-state index is 0.00353. The van der Waals surface area contributed by atoms with Crippen molar-refractivity contribution in [3.05, 3.63) is 53.3 Å². The topological polar surface area (TPSA) is 62.1 Å². The summed E-state index contributed by atoms with van der Waals surface area (Å²) in [6, 6.07) is 7.77. The second-order valence-corrected chi connectivity index (χ2v) is 6.16. The molecule has 1 aliphatic rings. The van der Waals surface area contributed by atoms with Gasteiger partial charge < -0.3 is 14.3 Å². The molecule has 1 saturated heterocycles. The summed E-state index contributed by atoms with van der Waals surface area (Å²) < 4.78 is 5.84. The van der Waals surface area contributed by atoms with Crippen molar-refractivity contribution in [1.82, 2.24) is 14.9 Å². The van der Waals surface area contributed by atoms with E-state index in [4.69, 9.17) is 4.42 Å². The summed E-state index contributed by atoms with van der Waals surface area (Å²) in [7, 11) is 0. The largest absolute Gasteiger partial charge is 0.451 e. The van der Waals surface area contributed by atoms with Crippen LogP contribution in [-0.4, -0.2) is 27.3 Å². The van der Waals surface area contributed by atoms with Gasteiger partial charge in [-0.25, -0.2) is 4.98 Å². The number of fused-ring (bicyclic) bond motifs is 1. The molecule has 1 fully saturated rings. The third-order valence-corrected chi connectivity index (χ3v) is 4.59. The monoisotopic (exact) mass is 309 g/mol. The number of H-pyrrole nitrogens is 1. The number of amides is 1. The molecule has 5 heteroatoms. The van der Waals surface area contributed by atoms with Crippen molar-refractivity contribution in [3.63, 3.8) is 0 Å². The van der Waals surface area contributed by atoms with Gasteiger partial charge in [-0.1, -0.05) is 18.2 Å². The zero-order valence-electron chi connectivity index (χ0n) is 13.3. The van der Waals surface area contributed by atoms with Crippen molar-refractivity contribution in [2.75, 3.05) is 6.54 Å². The summed E-state index contributed by atoms with van der Waals surface area (Å²) in [4.78, 5) is 22.6. The average Bonchev–Trinajstić information content (AvgIpc) is 3.26. The molecule has 0 bridgehead atoms. The van der Waals surface area contributed by atoms with Gasteiger partial charge in [0.15, 0.2) is 5.76 Å². The number of furan rings is 1. The molecule has 0 unspecified atom stereocenters. The number of hydrogen-bond acceptors (Lipinski definition) is 3.